The molecular weight excluding hydrogens is 198 g/mol. The summed E-state index contributed by atoms with van der Waals surface area (Å²) in [6.07, 6.45) is -0.102. The Morgan fingerprint density at radius 3 is 2.20 bits per heavy atom. The van der Waals surface area contributed by atoms with Gasteiger partial charge in [0.25, 0.3) is 5.69 Å². The molecule has 0 unspecified atom stereocenters. The van der Waals surface area contributed by atoms with E-state index < -0.39 is 10.9 Å². The minimum atomic E-state index is -0.935. The Morgan fingerprint density at radius 1 is 1.40 bits per heavy atom. The first-order valence-corrected chi connectivity index (χ1v) is 4.38. The third-order valence-electron chi connectivity index (χ3n) is 2.22. The van der Waals surface area contributed by atoms with Crippen LogP contribution in [0.4, 0.5) is 5.69 Å². The summed E-state index contributed by atoms with van der Waals surface area (Å²) in [6.45, 7) is 3.36. The summed E-state index contributed by atoms with van der Waals surface area (Å²) in [5.41, 5.74) is 1.93. The molecule has 1 N–H and O–H groups in total. The molecule has 1 rings (SSSR count). The van der Waals surface area contributed by atoms with E-state index in [0.29, 0.717) is 16.7 Å². The second-order valence-corrected chi connectivity index (χ2v) is 3.39. The summed E-state index contributed by atoms with van der Waals surface area (Å²) >= 11 is 0. The van der Waals surface area contributed by atoms with E-state index in [0.717, 1.165) is 0 Å². The molecule has 15 heavy (non-hydrogen) atoms. The van der Waals surface area contributed by atoms with E-state index in [9.17, 15) is 14.9 Å². The zero-order valence-electron chi connectivity index (χ0n) is 8.48. The van der Waals surface area contributed by atoms with E-state index in [1.165, 1.54) is 12.1 Å². The molecule has 5 nitrogen and oxygen atoms in total. The Balaban J connectivity index is 3.21. The molecule has 1 aromatic rings. The summed E-state index contributed by atoms with van der Waals surface area (Å²) in [4.78, 5) is 20.6. The SMILES string of the molecule is Cc1cc([N+](=O)[O-])cc(C)c1CC(=O)O. The van der Waals surface area contributed by atoms with Crippen molar-refractivity contribution in [3.8, 4) is 0 Å². The molecule has 0 radical (unpaired) electrons. The average molecular weight is 209 g/mol. The number of nitro benzene ring substituents is 1. The highest BCUT2D eigenvalue weighted by Crippen LogP contribution is 2.22. The van der Waals surface area contributed by atoms with Crippen LogP contribution in [0.5, 0.6) is 0 Å². The van der Waals surface area contributed by atoms with Gasteiger partial charge in [0.2, 0.25) is 0 Å². The van der Waals surface area contributed by atoms with Gasteiger partial charge in [-0.2, -0.15) is 0 Å². The van der Waals surface area contributed by atoms with E-state index in [-0.39, 0.29) is 12.1 Å². The van der Waals surface area contributed by atoms with Crippen LogP contribution in [0.25, 0.3) is 0 Å². The molecule has 0 saturated heterocycles. The average Bonchev–Trinajstić information content (AvgIpc) is 2.10. The number of hydrogen-bond donors (Lipinski definition) is 1. The lowest BCUT2D eigenvalue weighted by Crippen LogP contribution is -2.05. The number of nitro groups is 1. The van der Waals surface area contributed by atoms with Crippen molar-refractivity contribution in [2.45, 2.75) is 20.3 Å². The standard InChI is InChI=1S/C10H11NO4/c1-6-3-8(11(14)15)4-7(2)9(6)5-10(12)13/h3-4H,5H2,1-2H3,(H,12,13). The topological polar surface area (TPSA) is 80.4 Å². The number of rotatable bonds is 3. The summed E-state index contributed by atoms with van der Waals surface area (Å²) in [6, 6.07) is 2.79. The van der Waals surface area contributed by atoms with Crippen molar-refractivity contribution < 1.29 is 14.8 Å². The predicted molar refractivity (Wildman–Crippen MR) is 53.9 cm³/mol. The fraction of sp³-hybridized carbons (Fsp3) is 0.300. The molecule has 0 aromatic heterocycles. The van der Waals surface area contributed by atoms with Gasteiger partial charge in [-0.1, -0.05) is 0 Å². The second-order valence-electron chi connectivity index (χ2n) is 3.39. The summed E-state index contributed by atoms with van der Waals surface area (Å²) in [5.74, 6) is -0.935. The van der Waals surface area contributed by atoms with Gasteiger partial charge < -0.3 is 5.11 Å². The first kappa shape index (κ1) is 11.2. The molecular formula is C10H11NO4. The van der Waals surface area contributed by atoms with Gasteiger partial charge in [-0.25, -0.2) is 0 Å². The predicted octanol–water partition coefficient (Wildman–Crippen LogP) is 1.84. The van der Waals surface area contributed by atoms with Crippen LogP contribution in [0.1, 0.15) is 16.7 Å². The Bertz CT molecular complexity index is 402. The Morgan fingerprint density at radius 2 is 1.87 bits per heavy atom. The minimum Gasteiger partial charge on any atom is -0.481 e. The number of carboxylic acid groups (broad SMARTS) is 1. The highest BCUT2D eigenvalue weighted by atomic mass is 16.6. The smallest absolute Gasteiger partial charge is 0.307 e. The normalized spacial score (nSPS) is 10.0. The van der Waals surface area contributed by atoms with Crippen LogP contribution < -0.4 is 0 Å². The molecule has 0 amide bonds. The monoisotopic (exact) mass is 209 g/mol. The van der Waals surface area contributed by atoms with Crippen LogP contribution in [0.3, 0.4) is 0 Å². The van der Waals surface area contributed by atoms with Crippen molar-refractivity contribution in [3.05, 3.63) is 38.9 Å². The number of non-ortho nitro benzene ring substituents is 1. The zero-order chi connectivity index (χ0) is 11.6. The van der Waals surface area contributed by atoms with Crippen molar-refractivity contribution in [2.24, 2.45) is 0 Å². The van der Waals surface area contributed by atoms with Crippen LogP contribution in [-0.4, -0.2) is 16.0 Å². The first-order chi connectivity index (χ1) is 6.91. The molecule has 0 aliphatic heterocycles. The number of hydrogen-bond acceptors (Lipinski definition) is 3. The lowest BCUT2D eigenvalue weighted by molar-refractivity contribution is -0.385. The van der Waals surface area contributed by atoms with Gasteiger partial charge >= 0.3 is 5.97 Å². The van der Waals surface area contributed by atoms with E-state index in [1.54, 1.807) is 13.8 Å². The van der Waals surface area contributed by atoms with Crippen molar-refractivity contribution in [3.63, 3.8) is 0 Å². The lowest BCUT2D eigenvalue weighted by atomic mass is 9.99. The number of carbonyl (C=O) groups is 1. The molecule has 0 atom stereocenters. The highest BCUT2D eigenvalue weighted by Gasteiger charge is 2.13. The first-order valence-electron chi connectivity index (χ1n) is 4.38. The minimum absolute atomic E-state index is 0.000797. The van der Waals surface area contributed by atoms with Crippen molar-refractivity contribution >= 4 is 11.7 Å². The van der Waals surface area contributed by atoms with Gasteiger partial charge in [-0.05, 0) is 30.5 Å². The Hall–Kier alpha value is -1.91. The van der Waals surface area contributed by atoms with Crippen LogP contribution in [0, 0.1) is 24.0 Å². The molecule has 0 bridgehead atoms. The molecule has 1 aromatic carbocycles. The lowest BCUT2D eigenvalue weighted by Gasteiger charge is -2.06. The van der Waals surface area contributed by atoms with E-state index in [4.69, 9.17) is 5.11 Å². The van der Waals surface area contributed by atoms with Crippen molar-refractivity contribution in [1.29, 1.82) is 0 Å². The quantitative estimate of drug-likeness (QED) is 0.608. The Labute approximate surface area is 86.5 Å². The van der Waals surface area contributed by atoms with Crippen LogP contribution in [0.15, 0.2) is 12.1 Å². The molecule has 5 heteroatoms. The van der Waals surface area contributed by atoms with Crippen molar-refractivity contribution in [1.82, 2.24) is 0 Å². The molecule has 0 fully saturated rings. The van der Waals surface area contributed by atoms with Gasteiger partial charge in [0.05, 0.1) is 11.3 Å². The molecule has 0 aliphatic rings. The van der Waals surface area contributed by atoms with Crippen molar-refractivity contribution in [2.75, 3.05) is 0 Å². The maximum Gasteiger partial charge on any atom is 0.307 e. The maximum absolute atomic E-state index is 10.6. The number of benzene rings is 1. The fourth-order valence-electron chi connectivity index (χ4n) is 1.51. The van der Waals surface area contributed by atoms with Crippen LogP contribution in [0.2, 0.25) is 0 Å². The molecule has 0 spiro atoms. The molecule has 0 aliphatic carbocycles. The number of nitrogens with zero attached hydrogens (tertiary/aromatic N) is 1. The third-order valence-corrected chi connectivity index (χ3v) is 2.22. The van der Waals surface area contributed by atoms with E-state index in [2.05, 4.69) is 0 Å². The zero-order valence-corrected chi connectivity index (χ0v) is 8.48. The van der Waals surface area contributed by atoms with Crippen LogP contribution in [-0.2, 0) is 11.2 Å². The van der Waals surface area contributed by atoms with Gasteiger partial charge in [0, 0.05) is 12.1 Å². The van der Waals surface area contributed by atoms with Gasteiger partial charge in [0.1, 0.15) is 0 Å². The number of carboxylic acids is 1. The largest absolute Gasteiger partial charge is 0.481 e. The summed E-state index contributed by atoms with van der Waals surface area (Å²) < 4.78 is 0. The number of aliphatic carboxylic acids is 1. The highest BCUT2D eigenvalue weighted by molar-refractivity contribution is 5.71. The summed E-state index contributed by atoms with van der Waals surface area (Å²) in [5, 5.41) is 19.2. The number of aryl methyl sites for hydroxylation is 2. The van der Waals surface area contributed by atoms with Gasteiger partial charge in [0.15, 0.2) is 0 Å². The Kier molecular flexibility index (Phi) is 3.04. The fourth-order valence-corrected chi connectivity index (χ4v) is 1.51. The molecule has 80 valence electrons. The summed E-state index contributed by atoms with van der Waals surface area (Å²) in [7, 11) is 0. The van der Waals surface area contributed by atoms with Gasteiger partial charge in [-0.3, -0.25) is 14.9 Å². The molecule has 0 heterocycles. The van der Waals surface area contributed by atoms with E-state index >= 15 is 0 Å². The van der Waals surface area contributed by atoms with Crippen LogP contribution >= 0.6 is 0 Å². The van der Waals surface area contributed by atoms with E-state index in [1.807, 2.05) is 0 Å². The third kappa shape index (κ3) is 2.52. The maximum atomic E-state index is 10.6. The van der Waals surface area contributed by atoms with Gasteiger partial charge in [-0.15, -0.1) is 0 Å². The second kappa shape index (κ2) is 4.08. The molecule has 0 saturated carbocycles.